The first-order valence-electron chi connectivity index (χ1n) is 8.63. The molecule has 2 aromatic rings. The number of ether oxygens (including phenoxy) is 1. The zero-order chi connectivity index (χ0) is 19.9. The van der Waals surface area contributed by atoms with Gasteiger partial charge < -0.3 is 4.74 Å². The average molecular weight is 416 g/mol. The van der Waals surface area contributed by atoms with Gasteiger partial charge in [-0.15, -0.1) is 0 Å². The first-order chi connectivity index (χ1) is 13.4. The third-order valence-electron chi connectivity index (χ3n) is 4.84. The van der Waals surface area contributed by atoms with Gasteiger partial charge in [0.25, 0.3) is 10.0 Å². The highest BCUT2D eigenvalue weighted by Crippen LogP contribution is 2.42. The lowest BCUT2D eigenvalue weighted by molar-refractivity contribution is 0.410. The molecule has 0 bridgehead atoms. The van der Waals surface area contributed by atoms with Crippen LogP contribution in [0.25, 0.3) is 5.57 Å². The molecular weight excluding hydrogens is 398 g/mol. The fraction of sp³-hybridized carbons (Fsp3) is 0.200. The fourth-order valence-corrected chi connectivity index (χ4v) is 5.03. The maximum absolute atomic E-state index is 13.3. The molecule has 0 radical (unpaired) electrons. The molecule has 0 amide bonds. The molecule has 2 aliphatic rings. The number of hydrogen-bond acceptors (Lipinski definition) is 5. The minimum Gasteiger partial charge on any atom is -0.497 e. The van der Waals surface area contributed by atoms with Gasteiger partial charge in [-0.05, 0) is 42.3 Å². The van der Waals surface area contributed by atoms with Crippen molar-refractivity contribution in [3.05, 3.63) is 65.9 Å². The summed E-state index contributed by atoms with van der Waals surface area (Å²) in [6.07, 6.45) is 2.21. The molecule has 28 heavy (non-hydrogen) atoms. The maximum Gasteiger partial charge on any atom is 0.265 e. The summed E-state index contributed by atoms with van der Waals surface area (Å²) in [5.74, 6) is 0.254. The van der Waals surface area contributed by atoms with Gasteiger partial charge in [-0.2, -0.15) is 0 Å². The molecule has 4 rings (SSSR count). The van der Waals surface area contributed by atoms with Crippen molar-refractivity contribution in [2.24, 2.45) is 15.9 Å². The lowest BCUT2D eigenvalue weighted by Crippen LogP contribution is -2.38. The Labute approximate surface area is 168 Å². The first kappa shape index (κ1) is 18.7. The number of halogens is 1. The first-order valence-corrected chi connectivity index (χ1v) is 10.4. The Morgan fingerprint density at radius 3 is 2.39 bits per heavy atom. The van der Waals surface area contributed by atoms with E-state index in [9.17, 15) is 8.42 Å². The second-order valence-electron chi connectivity index (χ2n) is 6.57. The van der Waals surface area contributed by atoms with Crippen molar-refractivity contribution in [2.45, 2.75) is 18.0 Å². The van der Waals surface area contributed by atoms with Gasteiger partial charge in [-0.1, -0.05) is 41.4 Å². The normalized spacial score (nSPS) is 21.2. The molecule has 144 valence electrons. The molecule has 2 aromatic carbocycles. The topological polar surface area (TPSA) is 71.3 Å². The Bertz CT molecular complexity index is 1090. The minimum absolute atomic E-state index is 0.206. The second-order valence-corrected chi connectivity index (χ2v) is 8.80. The third kappa shape index (κ3) is 3.10. The number of methoxy groups -OCH3 is 1. The van der Waals surface area contributed by atoms with Gasteiger partial charge in [-0.25, -0.2) is 22.7 Å². The van der Waals surface area contributed by atoms with Gasteiger partial charge in [0, 0.05) is 6.20 Å². The summed E-state index contributed by atoms with van der Waals surface area (Å²) in [6, 6.07) is 14.1. The van der Waals surface area contributed by atoms with E-state index in [2.05, 4.69) is 9.98 Å². The molecule has 0 spiro atoms. The Hall–Kier alpha value is -2.64. The van der Waals surface area contributed by atoms with Crippen molar-refractivity contribution in [1.29, 1.82) is 0 Å². The molecule has 0 N–H and O–H groups in total. The minimum atomic E-state index is -3.80. The van der Waals surface area contributed by atoms with Crippen LogP contribution in [0.15, 0.2) is 69.6 Å². The number of aryl methyl sites for hydroxylation is 1. The van der Waals surface area contributed by atoms with Crippen molar-refractivity contribution < 1.29 is 13.2 Å². The van der Waals surface area contributed by atoms with Crippen molar-refractivity contribution in [3.63, 3.8) is 0 Å². The average Bonchev–Trinajstić information content (AvgIpc) is 3.10. The van der Waals surface area contributed by atoms with E-state index in [1.165, 1.54) is 10.6 Å². The number of benzene rings is 2. The van der Waals surface area contributed by atoms with Crippen LogP contribution in [0.1, 0.15) is 11.1 Å². The molecule has 2 atom stereocenters. The predicted molar refractivity (Wildman–Crippen MR) is 110 cm³/mol. The third-order valence-corrected chi connectivity index (χ3v) is 6.91. The van der Waals surface area contributed by atoms with Gasteiger partial charge in [0.15, 0.2) is 6.17 Å². The van der Waals surface area contributed by atoms with Crippen molar-refractivity contribution in [3.8, 4) is 5.75 Å². The second kappa shape index (κ2) is 7.07. The van der Waals surface area contributed by atoms with Crippen LogP contribution in [0.5, 0.6) is 5.75 Å². The Morgan fingerprint density at radius 1 is 1.07 bits per heavy atom. The van der Waals surface area contributed by atoms with E-state index >= 15 is 0 Å². The zero-order valence-corrected chi connectivity index (χ0v) is 16.9. The van der Waals surface area contributed by atoms with E-state index < -0.39 is 22.1 Å². The van der Waals surface area contributed by atoms with Gasteiger partial charge in [0.2, 0.25) is 0 Å². The molecule has 2 unspecified atom stereocenters. The quantitative estimate of drug-likeness (QED) is 0.764. The molecule has 6 nitrogen and oxygen atoms in total. The number of nitrogens with zero attached hydrogens (tertiary/aromatic N) is 3. The molecule has 2 aliphatic heterocycles. The highest BCUT2D eigenvalue weighted by atomic mass is 35.5. The van der Waals surface area contributed by atoms with Crippen LogP contribution in [-0.4, -0.2) is 37.5 Å². The van der Waals surface area contributed by atoms with Gasteiger partial charge >= 0.3 is 0 Å². The number of rotatable bonds is 4. The Morgan fingerprint density at radius 2 is 1.75 bits per heavy atom. The van der Waals surface area contributed by atoms with Gasteiger partial charge in [0.05, 0.1) is 17.9 Å². The highest BCUT2D eigenvalue weighted by Gasteiger charge is 2.45. The molecular formula is C20H18ClN3O3S. The molecule has 0 aliphatic carbocycles. The van der Waals surface area contributed by atoms with E-state index in [1.54, 1.807) is 37.6 Å². The molecule has 2 heterocycles. The van der Waals surface area contributed by atoms with Crippen molar-refractivity contribution >= 4 is 38.7 Å². The zero-order valence-electron chi connectivity index (χ0n) is 15.3. The summed E-state index contributed by atoms with van der Waals surface area (Å²) in [7, 11) is -2.21. The van der Waals surface area contributed by atoms with E-state index in [0.717, 1.165) is 16.7 Å². The highest BCUT2D eigenvalue weighted by molar-refractivity contribution is 7.89. The van der Waals surface area contributed by atoms with Crippen LogP contribution in [0, 0.1) is 12.8 Å². The standard InChI is InChI=1S/C20H18ClN3O3S/c1-13-3-9-16(10-4-13)28(25,26)24-11-17(14-5-7-15(27-2)8-6-14)18-19(21)22-12-23-20(18)24/h3-12,18,20H,1-2H3. The van der Waals surface area contributed by atoms with Crippen LogP contribution in [0.3, 0.4) is 0 Å². The number of aliphatic imine (C=N–C) groups is 2. The lowest BCUT2D eigenvalue weighted by atomic mass is 9.94. The predicted octanol–water partition coefficient (Wildman–Crippen LogP) is 3.67. The number of fused-ring (bicyclic) bond motifs is 1. The molecule has 0 saturated carbocycles. The lowest BCUT2D eigenvalue weighted by Gasteiger charge is -2.27. The number of sulfonamides is 1. The monoisotopic (exact) mass is 415 g/mol. The number of hydrogen-bond donors (Lipinski definition) is 0. The summed E-state index contributed by atoms with van der Waals surface area (Å²) in [4.78, 5) is 8.61. The van der Waals surface area contributed by atoms with Crippen molar-refractivity contribution in [2.75, 3.05) is 7.11 Å². The van der Waals surface area contributed by atoms with Crippen LogP contribution >= 0.6 is 11.6 Å². The smallest absolute Gasteiger partial charge is 0.265 e. The SMILES string of the molecule is COc1ccc(C2=CN(S(=O)(=O)c3ccc(C)cc3)C3N=CN=C(Cl)C23)cc1. The van der Waals surface area contributed by atoms with Crippen LogP contribution in [0.4, 0.5) is 0 Å². The molecule has 0 saturated heterocycles. The van der Waals surface area contributed by atoms with Gasteiger partial charge in [-0.3, -0.25) is 0 Å². The van der Waals surface area contributed by atoms with E-state index in [4.69, 9.17) is 16.3 Å². The Kier molecular flexibility index (Phi) is 4.72. The summed E-state index contributed by atoms with van der Waals surface area (Å²) in [5, 5.41) is 0.309. The summed E-state index contributed by atoms with van der Waals surface area (Å²) in [5.41, 5.74) is 2.57. The summed E-state index contributed by atoms with van der Waals surface area (Å²) in [6.45, 7) is 1.91. The van der Waals surface area contributed by atoms with Crippen LogP contribution in [-0.2, 0) is 10.0 Å². The van der Waals surface area contributed by atoms with Crippen molar-refractivity contribution in [1.82, 2.24) is 4.31 Å². The molecule has 8 heteroatoms. The fourth-order valence-electron chi connectivity index (χ4n) is 3.32. The van der Waals surface area contributed by atoms with E-state index in [1.807, 2.05) is 31.2 Å². The van der Waals surface area contributed by atoms with Gasteiger partial charge in [0.1, 0.15) is 17.3 Å². The van der Waals surface area contributed by atoms with E-state index in [-0.39, 0.29) is 4.90 Å². The summed E-state index contributed by atoms with van der Waals surface area (Å²) < 4.78 is 33.1. The largest absolute Gasteiger partial charge is 0.497 e. The molecule has 0 fully saturated rings. The summed E-state index contributed by atoms with van der Waals surface area (Å²) >= 11 is 6.37. The van der Waals surface area contributed by atoms with E-state index in [0.29, 0.717) is 10.9 Å². The molecule has 0 aromatic heterocycles. The van der Waals surface area contributed by atoms with Crippen LogP contribution < -0.4 is 4.74 Å². The van der Waals surface area contributed by atoms with Crippen LogP contribution in [0.2, 0.25) is 0 Å². The Balaban J connectivity index is 1.80. The maximum atomic E-state index is 13.3.